The second-order valence-electron chi connectivity index (χ2n) is 6.01. The molecule has 1 aromatic carbocycles. The quantitative estimate of drug-likeness (QED) is 0.810. The first-order valence-electron chi connectivity index (χ1n) is 7.57. The fourth-order valence-corrected chi connectivity index (χ4v) is 3.66. The van der Waals surface area contributed by atoms with Gasteiger partial charge in [-0.3, -0.25) is 9.69 Å². The van der Waals surface area contributed by atoms with Crippen LogP contribution >= 0.6 is 0 Å². The highest BCUT2D eigenvalue weighted by molar-refractivity contribution is 6.00. The van der Waals surface area contributed by atoms with Crippen molar-refractivity contribution in [2.75, 3.05) is 18.8 Å². The van der Waals surface area contributed by atoms with Crippen molar-refractivity contribution in [2.45, 2.75) is 44.7 Å². The Morgan fingerprint density at radius 1 is 1.30 bits per heavy atom. The van der Waals surface area contributed by atoms with E-state index in [1.165, 1.54) is 25.8 Å². The monoisotopic (exact) mass is 273 g/mol. The number of hydrogen-bond donors (Lipinski definition) is 2. The van der Waals surface area contributed by atoms with Crippen molar-refractivity contribution in [2.24, 2.45) is 0 Å². The Kier molecular flexibility index (Phi) is 3.66. The molecule has 3 N–H and O–H groups in total. The molecular formula is C16H23N3O. The van der Waals surface area contributed by atoms with Gasteiger partial charge in [0, 0.05) is 24.3 Å². The third-order valence-corrected chi connectivity index (χ3v) is 4.70. The lowest BCUT2D eigenvalue weighted by atomic mass is 9.98. The largest absolute Gasteiger partial charge is 0.398 e. The van der Waals surface area contributed by atoms with Crippen LogP contribution in [0.5, 0.6) is 0 Å². The fourth-order valence-electron chi connectivity index (χ4n) is 3.66. The van der Waals surface area contributed by atoms with Gasteiger partial charge in [-0.25, -0.2) is 0 Å². The van der Waals surface area contributed by atoms with Gasteiger partial charge in [0.1, 0.15) is 0 Å². The average Bonchev–Trinajstić information content (AvgIpc) is 2.82. The number of nitrogens with one attached hydrogen (secondary N) is 1. The highest BCUT2D eigenvalue weighted by Crippen LogP contribution is 2.27. The van der Waals surface area contributed by atoms with E-state index in [-0.39, 0.29) is 11.9 Å². The highest BCUT2D eigenvalue weighted by Gasteiger charge is 2.36. The molecule has 20 heavy (non-hydrogen) atoms. The highest BCUT2D eigenvalue weighted by atomic mass is 16.1. The Hall–Kier alpha value is -1.55. The number of anilines is 1. The van der Waals surface area contributed by atoms with Gasteiger partial charge in [0.25, 0.3) is 5.91 Å². The molecule has 108 valence electrons. The molecule has 4 nitrogen and oxygen atoms in total. The Balaban J connectivity index is 1.73. The maximum atomic E-state index is 12.5. The molecule has 0 bridgehead atoms. The summed E-state index contributed by atoms with van der Waals surface area (Å²) in [7, 11) is 0. The van der Waals surface area contributed by atoms with Crippen molar-refractivity contribution in [1.82, 2.24) is 10.2 Å². The Bertz CT molecular complexity index is 494. The van der Waals surface area contributed by atoms with E-state index in [4.69, 9.17) is 5.73 Å². The van der Waals surface area contributed by atoms with Gasteiger partial charge in [0.05, 0.1) is 5.56 Å². The topological polar surface area (TPSA) is 58.4 Å². The lowest BCUT2D eigenvalue weighted by Crippen LogP contribution is -2.47. The molecule has 2 unspecified atom stereocenters. The summed E-state index contributed by atoms with van der Waals surface area (Å²) in [5, 5.41) is 3.22. The minimum atomic E-state index is -0.0157. The third-order valence-electron chi connectivity index (χ3n) is 4.70. The molecule has 4 heteroatoms. The molecule has 2 aliphatic heterocycles. The van der Waals surface area contributed by atoms with E-state index in [2.05, 4.69) is 10.2 Å². The van der Waals surface area contributed by atoms with Crippen molar-refractivity contribution < 1.29 is 4.79 Å². The van der Waals surface area contributed by atoms with Gasteiger partial charge >= 0.3 is 0 Å². The van der Waals surface area contributed by atoms with Crippen LogP contribution in [-0.2, 0) is 0 Å². The summed E-state index contributed by atoms with van der Waals surface area (Å²) < 4.78 is 0. The zero-order chi connectivity index (χ0) is 14.1. The standard InChI is InChI=1S/C16H23N3O/c1-11-5-4-6-12(17)15(11)16(20)18-13-8-10-19-9-3-2-7-14(13)19/h4-6,13-14H,2-3,7-10,17H2,1H3,(H,18,20). The Morgan fingerprint density at radius 3 is 2.95 bits per heavy atom. The summed E-state index contributed by atoms with van der Waals surface area (Å²) in [6.45, 7) is 4.23. The van der Waals surface area contributed by atoms with E-state index in [0.29, 0.717) is 17.3 Å². The fraction of sp³-hybridized carbons (Fsp3) is 0.562. The molecule has 0 aliphatic carbocycles. The van der Waals surface area contributed by atoms with Crippen LogP contribution in [0.2, 0.25) is 0 Å². The zero-order valence-electron chi connectivity index (χ0n) is 12.1. The van der Waals surface area contributed by atoms with Crippen LogP contribution in [-0.4, -0.2) is 36.0 Å². The van der Waals surface area contributed by atoms with Crippen LogP contribution < -0.4 is 11.1 Å². The number of nitrogens with zero attached hydrogens (tertiary/aromatic N) is 1. The number of piperidine rings is 1. The number of benzene rings is 1. The van der Waals surface area contributed by atoms with Gasteiger partial charge < -0.3 is 11.1 Å². The first-order valence-corrected chi connectivity index (χ1v) is 7.57. The minimum Gasteiger partial charge on any atom is -0.398 e. The van der Waals surface area contributed by atoms with Gasteiger partial charge in [-0.05, 0) is 44.4 Å². The molecule has 0 spiro atoms. The van der Waals surface area contributed by atoms with E-state index in [1.807, 2.05) is 19.1 Å². The number of nitrogens with two attached hydrogens (primary N) is 1. The molecule has 1 amide bonds. The third kappa shape index (κ3) is 2.40. The lowest BCUT2D eigenvalue weighted by molar-refractivity contribution is 0.0915. The molecule has 0 aromatic heterocycles. The average molecular weight is 273 g/mol. The molecule has 2 atom stereocenters. The number of rotatable bonds is 2. The maximum absolute atomic E-state index is 12.5. The van der Waals surface area contributed by atoms with Crippen molar-refractivity contribution in [1.29, 1.82) is 0 Å². The van der Waals surface area contributed by atoms with Crippen LogP contribution in [0.15, 0.2) is 18.2 Å². The molecule has 2 heterocycles. The zero-order valence-corrected chi connectivity index (χ0v) is 12.1. The van der Waals surface area contributed by atoms with Gasteiger partial charge in [0.15, 0.2) is 0 Å². The second-order valence-corrected chi connectivity index (χ2v) is 6.01. The molecule has 0 saturated carbocycles. The SMILES string of the molecule is Cc1cccc(N)c1C(=O)NC1CCN2CCCCC12. The van der Waals surface area contributed by atoms with E-state index in [0.717, 1.165) is 18.5 Å². The van der Waals surface area contributed by atoms with Crippen LogP contribution in [0.3, 0.4) is 0 Å². The molecule has 2 aliphatic rings. The Labute approximate surface area is 120 Å². The summed E-state index contributed by atoms with van der Waals surface area (Å²) >= 11 is 0. The molecule has 3 rings (SSSR count). The minimum absolute atomic E-state index is 0.0157. The second kappa shape index (κ2) is 5.44. The number of carbonyl (C=O) groups is 1. The molecule has 1 aromatic rings. The number of fused-ring (bicyclic) bond motifs is 1. The first kappa shape index (κ1) is 13.4. The number of nitrogen functional groups attached to an aromatic ring is 1. The normalized spacial score (nSPS) is 26.2. The lowest BCUT2D eigenvalue weighted by Gasteiger charge is -2.32. The van der Waals surface area contributed by atoms with E-state index in [9.17, 15) is 4.79 Å². The van der Waals surface area contributed by atoms with Crippen LogP contribution in [0.4, 0.5) is 5.69 Å². The number of aryl methyl sites for hydroxylation is 1. The van der Waals surface area contributed by atoms with Crippen molar-refractivity contribution in [3.8, 4) is 0 Å². The first-order chi connectivity index (χ1) is 9.66. The maximum Gasteiger partial charge on any atom is 0.253 e. The number of hydrogen-bond acceptors (Lipinski definition) is 3. The van der Waals surface area contributed by atoms with Crippen molar-refractivity contribution in [3.63, 3.8) is 0 Å². The summed E-state index contributed by atoms with van der Waals surface area (Å²) in [6, 6.07) is 6.43. The molecule has 2 saturated heterocycles. The van der Waals surface area contributed by atoms with E-state index in [1.54, 1.807) is 6.07 Å². The van der Waals surface area contributed by atoms with Gasteiger partial charge in [-0.1, -0.05) is 18.6 Å². The Morgan fingerprint density at radius 2 is 2.15 bits per heavy atom. The van der Waals surface area contributed by atoms with E-state index >= 15 is 0 Å². The van der Waals surface area contributed by atoms with Gasteiger partial charge in [-0.2, -0.15) is 0 Å². The van der Waals surface area contributed by atoms with Crippen LogP contribution in [0.25, 0.3) is 0 Å². The van der Waals surface area contributed by atoms with Crippen LogP contribution in [0, 0.1) is 6.92 Å². The molecular weight excluding hydrogens is 250 g/mol. The smallest absolute Gasteiger partial charge is 0.253 e. The van der Waals surface area contributed by atoms with Gasteiger partial charge in [-0.15, -0.1) is 0 Å². The summed E-state index contributed by atoms with van der Waals surface area (Å²) in [5.74, 6) is -0.0157. The predicted molar refractivity (Wildman–Crippen MR) is 80.7 cm³/mol. The summed E-state index contributed by atoms with van der Waals surface area (Å²) in [5.41, 5.74) is 8.11. The number of carbonyl (C=O) groups excluding carboxylic acids is 1. The summed E-state index contributed by atoms with van der Waals surface area (Å²) in [6.07, 6.45) is 4.83. The van der Waals surface area contributed by atoms with Crippen LogP contribution in [0.1, 0.15) is 41.6 Å². The summed E-state index contributed by atoms with van der Waals surface area (Å²) in [4.78, 5) is 15.0. The van der Waals surface area contributed by atoms with E-state index < -0.39 is 0 Å². The predicted octanol–water partition coefficient (Wildman–Crippen LogP) is 1.93. The van der Waals surface area contributed by atoms with Crippen molar-refractivity contribution in [3.05, 3.63) is 29.3 Å². The number of amides is 1. The van der Waals surface area contributed by atoms with Gasteiger partial charge in [0.2, 0.25) is 0 Å². The molecule has 2 fully saturated rings. The van der Waals surface area contributed by atoms with Crippen molar-refractivity contribution >= 4 is 11.6 Å². The molecule has 0 radical (unpaired) electrons.